The fraction of sp³-hybridized carbons (Fsp3) is 0.833. The van der Waals surface area contributed by atoms with Gasteiger partial charge >= 0.3 is 0 Å². The molecule has 0 saturated heterocycles. The predicted octanol–water partition coefficient (Wildman–Crippen LogP) is 5.12. The summed E-state index contributed by atoms with van der Waals surface area (Å²) in [7, 11) is 0. The first-order chi connectivity index (χ1) is 14.1. The third kappa shape index (κ3) is 19.9. The number of rotatable bonds is 20. The van der Waals surface area contributed by atoms with Crippen molar-refractivity contribution in [3.8, 4) is 0 Å². The van der Waals surface area contributed by atoms with E-state index in [0.717, 1.165) is 38.5 Å². The van der Waals surface area contributed by atoms with E-state index < -0.39 is 6.04 Å². The van der Waals surface area contributed by atoms with Gasteiger partial charge < -0.3 is 11.5 Å². The second-order valence-electron chi connectivity index (χ2n) is 8.14. The van der Waals surface area contributed by atoms with Gasteiger partial charge in [0.1, 0.15) is 0 Å². The van der Waals surface area contributed by atoms with Gasteiger partial charge in [0.25, 0.3) is 0 Å². The molecule has 29 heavy (non-hydrogen) atoms. The van der Waals surface area contributed by atoms with Gasteiger partial charge in [0, 0.05) is 6.42 Å². The van der Waals surface area contributed by atoms with Crippen molar-refractivity contribution in [2.75, 3.05) is 6.54 Å². The van der Waals surface area contributed by atoms with E-state index >= 15 is 0 Å². The van der Waals surface area contributed by atoms with Crippen LogP contribution in [0.15, 0.2) is 12.2 Å². The van der Waals surface area contributed by atoms with Crippen LogP contribution in [-0.2, 0) is 9.59 Å². The summed E-state index contributed by atoms with van der Waals surface area (Å²) >= 11 is 0. The molecule has 0 aliphatic heterocycles. The minimum Gasteiger partial charge on any atom is -0.330 e. The van der Waals surface area contributed by atoms with Crippen LogP contribution < -0.4 is 16.8 Å². The molecule has 5 N–H and O–H groups in total. The SMILES string of the molecule is CCCCCCCC/C=C\CCCCCCCC(=O)NC(=O)C(N)CCCCN. The van der Waals surface area contributed by atoms with Crippen molar-refractivity contribution in [1.82, 2.24) is 5.32 Å². The third-order valence-electron chi connectivity index (χ3n) is 5.23. The lowest BCUT2D eigenvalue weighted by Gasteiger charge is -2.11. The predicted molar refractivity (Wildman–Crippen MR) is 123 cm³/mol. The molecule has 2 amide bonds. The molecule has 0 aromatic carbocycles. The van der Waals surface area contributed by atoms with Crippen LogP contribution in [0.1, 0.15) is 116 Å². The molecular formula is C24H47N3O2. The summed E-state index contributed by atoms with van der Waals surface area (Å²) in [6, 6.07) is -0.611. The van der Waals surface area contributed by atoms with Crippen LogP contribution in [0.2, 0.25) is 0 Å². The van der Waals surface area contributed by atoms with Gasteiger partial charge in [-0.2, -0.15) is 0 Å². The Bertz CT molecular complexity index is 424. The Morgan fingerprint density at radius 3 is 1.93 bits per heavy atom. The molecule has 0 heterocycles. The molecule has 0 spiro atoms. The molecule has 1 atom stereocenters. The smallest absolute Gasteiger partial charge is 0.243 e. The van der Waals surface area contributed by atoms with Crippen LogP contribution in [0.5, 0.6) is 0 Å². The maximum atomic E-state index is 11.8. The number of nitrogens with one attached hydrogen (secondary N) is 1. The molecule has 0 fully saturated rings. The van der Waals surface area contributed by atoms with Crippen molar-refractivity contribution >= 4 is 11.8 Å². The van der Waals surface area contributed by atoms with E-state index in [2.05, 4.69) is 24.4 Å². The number of unbranched alkanes of at least 4 members (excludes halogenated alkanes) is 12. The summed E-state index contributed by atoms with van der Waals surface area (Å²) < 4.78 is 0. The van der Waals surface area contributed by atoms with Crippen LogP contribution in [0.3, 0.4) is 0 Å². The van der Waals surface area contributed by atoms with E-state index in [-0.39, 0.29) is 11.8 Å². The topological polar surface area (TPSA) is 98.2 Å². The minimum absolute atomic E-state index is 0.207. The van der Waals surface area contributed by atoms with Crippen molar-refractivity contribution in [3.05, 3.63) is 12.2 Å². The van der Waals surface area contributed by atoms with Gasteiger partial charge in [-0.3, -0.25) is 14.9 Å². The van der Waals surface area contributed by atoms with Gasteiger partial charge in [-0.25, -0.2) is 0 Å². The molecule has 1 unspecified atom stereocenters. The highest BCUT2D eigenvalue weighted by Gasteiger charge is 2.15. The zero-order chi connectivity index (χ0) is 21.6. The van der Waals surface area contributed by atoms with Gasteiger partial charge in [0.2, 0.25) is 11.8 Å². The van der Waals surface area contributed by atoms with Gasteiger partial charge in [-0.15, -0.1) is 0 Å². The van der Waals surface area contributed by atoms with Crippen LogP contribution >= 0.6 is 0 Å². The summed E-state index contributed by atoms with van der Waals surface area (Å²) in [4.78, 5) is 23.6. The van der Waals surface area contributed by atoms with E-state index in [1.807, 2.05) is 0 Å². The van der Waals surface area contributed by atoms with Crippen LogP contribution in [-0.4, -0.2) is 24.4 Å². The zero-order valence-corrected chi connectivity index (χ0v) is 18.9. The molecule has 0 rings (SSSR count). The van der Waals surface area contributed by atoms with Crippen molar-refractivity contribution in [3.63, 3.8) is 0 Å². The normalized spacial score (nSPS) is 12.4. The summed E-state index contributed by atoms with van der Waals surface area (Å²) in [5.41, 5.74) is 11.2. The number of amides is 2. The maximum Gasteiger partial charge on any atom is 0.243 e. The number of carbonyl (C=O) groups is 2. The number of carbonyl (C=O) groups excluding carboxylic acids is 2. The summed E-state index contributed by atoms with van der Waals surface area (Å²) in [6.07, 6.45) is 23.3. The Labute approximate surface area is 179 Å². The van der Waals surface area contributed by atoms with Gasteiger partial charge in [-0.1, -0.05) is 76.9 Å². The zero-order valence-electron chi connectivity index (χ0n) is 18.9. The molecule has 5 heteroatoms. The van der Waals surface area contributed by atoms with E-state index in [0.29, 0.717) is 19.4 Å². The number of nitrogens with two attached hydrogens (primary N) is 2. The molecule has 0 aliphatic carbocycles. The highest BCUT2D eigenvalue weighted by molar-refractivity contribution is 5.97. The average molecular weight is 410 g/mol. The highest BCUT2D eigenvalue weighted by atomic mass is 16.2. The molecule has 0 saturated carbocycles. The second-order valence-corrected chi connectivity index (χ2v) is 8.14. The quantitative estimate of drug-likeness (QED) is 0.192. The van der Waals surface area contributed by atoms with E-state index in [4.69, 9.17) is 11.5 Å². The summed E-state index contributed by atoms with van der Waals surface area (Å²) in [5.74, 6) is -0.568. The Morgan fingerprint density at radius 2 is 1.34 bits per heavy atom. The van der Waals surface area contributed by atoms with Crippen molar-refractivity contribution in [2.24, 2.45) is 11.5 Å². The molecule has 0 bridgehead atoms. The number of hydrogen-bond acceptors (Lipinski definition) is 4. The molecular weight excluding hydrogens is 362 g/mol. The fourth-order valence-corrected chi connectivity index (χ4v) is 3.29. The Balaban J connectivity index is 3.43. The number of hydrogen-bond donors (Lipinski definition) is 3. The first-order valence-electron chi connectivity index (χ1n) is 12.1. The van der Waals surface area contributed by atoms with Crippen LogP contribution in [0.4, 0.5) is 0 Å². The standard InChI is InChI=1S/C24H47N3O2/c1-2-3-4-5-6-7-8-9-10-11-12-13-14-15-16-20-23(28)27-24(29)22(26)19-17-18-21-25/h9-10,22H,2-8,11-21,25-26H2,1H3,(H,27,28,29)/b10-9-. The monoisotopic (exact) mass is 409 g/mol. The number of imide groups is 1. The van der Waals surface area contributed by atoms with Gasteiger partial charge in [0.05, 0.1) is 6.04 Å². The van der Waals surface area contributed by atoms with Crippen molar-refractivity contribution in [2.45, 2.75) is 122 Å². The largest absolute Gasteiger partial charge is 0.330 e. The van der Waals surface area contributed by atoms with E-state index in [1.165, 1.54) is 57.8 Å². The van der Waals surface area contributed by atoms with Gasteiger partial charge in [0.15, 0.2) is 0 Å². The molecule has 0 aliphatic rings. The van der Waals surface area contributed by atoms with E-state index in [1.54, 1.807) is 0 Å². The Kier molecular flexibility index (Phi) is 20.6. The molecule has 170 valence electrons. The summed E-state index contributed by atoms with van der Waals surface area (Å²) in [5, 5.41) is 2.41. The lowest BCUT2D eigenvalue weighted by atomic mass is 10.1. The lowest BCUT2D eigenvalue weighted by Crippen LogP contribution is -2.43. The van der Waals surface area contributed by atoms with Gasteiger partial charge in [-0.05, 0) is 51.5 Å². The first-order valence-corrected chi connectivity index (χ1v) is 12.1. The molecule has 0 radical (unpaired) electrons. The maximum absolute atomic E-state index is 11.8. The fourth-order valence-electron chi connectivity index (χ4n) is 3.29. The summed E-state index contributed by atoms with van der Waals surface area (Å²) in [6.45, 7) is 2.86. The second kappa shape index (κ2) is 21.5. The molecule has 5 nitrogen and oxygen atoms in total. The van der Waals surface area contributed by atoms with Crippen LogP contribution in [0, 0.1) is 0 Å². The third-order valence-corrected chi connectivity index (χ3v) is 5.23. The van der Waals surface area contributed by atoms with Crippen molar-refractivity contribution < 1.29 is 9.59 Å². The van der Waals surface area contributed by atoms with E-state index in [9.17, 15) is 9.59 Å². The van der Waals surface area contributed by atoms with Crippen LogP contribution in [0.25, 0.3) is 0 Å². The average Bonchev–Trinajstić information content (AvgIpc) is 2.70. The minimum atomic E-state index is -0.611. The first kappa shape index (κ1) is 27.8. The highest BCUT2D eigenvalue weighted by Crippen LogP contribution is 2.10. The lowest BCUT2D eigenvalue weighted by molar-refractivity contribution is -0.131. The molecule has 0 aromatic rings. The molecule has 0 aromatic heterocycles. The Hall–Kier alpha value is -1.20. The Morgan fingerprint density at radius 1 is 0.793 bits per heavy atom. The number of allylic oxidation sites excluding steroid dienone is 2. The van der Waals surface area contributed by atoms with Crippen molar-refractivity contribution in [1.29, 1.82) is 0 Å².